The summed E-state index contributed by atoms with van der Waals surface area (Å²) < 4.78 is 37.3. The number of carbonyl (C=O) groups is 1. The Morgan fingerprint density at radius 3 is 2.50 bits per heavy atom. The summed E-state index contributed by atoms with van der Waals surface area (Å²) in [6.45, 7) is 3.40. The van der Waals surface area contributed by atoms with Crippen molar-refractivity contribution in [3.8, 4) is 0 Å². The molecular weight excluding hydrogens is 391 g/mol. The lowest BCUT2D eigenvalue weighted by atomic mass is 9.95. The highest BCUT2D eigenvalue weighted by Gasteiger charge is 2.29. The van der Waals surface area contributed by atoms with E-state index in [0.717, 1.165) is 31.5 Å². The Labute approximate surface area is 164 Å². The first-order chi connectivity index (χ1) is 13.2. The van der Waals surface area contributed by atoms with Crippen LogP contribution in [0.3, 0.4) is 0 Å². The number of Topliss-reactive ketones (excluding diaryl/α,β-unsaturated/α-hetero) is 1. The molecule has 1 N–H and O–H groups in total. The molecule has 0 amide bonds. The minimum atomic E-state index is -4.33. The number of ketones is 1. The van der Waals surface area contributed by atoms with Gasteiger partial charge in [-0.05, 0) is 48.2 Å². The number of rotatable bonds is 6. The fraction of sp³-hybridized carbons (Fsp3) is 0.421. The Bertz CT molecular complexity index is 891. The van der Waals surface area contributed by atoms with Gasteiger partial charge >= 0.3 is 5.51 Å². The van der Waals surface area contributed by atoms with Gasteiger partial charge in [-0.2, -0.15) is 13.2 Å². The first-order valence-electron chi connectivity index (χ1n) is 8.96. The van der Waals surface area contributed by atoms with E-state index in [1.165, 1.54) is 18.2 Å². The maximum absolute atomic E-state index is 12.6. The molecule has 5 nitrogen and oxygen atoms in total. The molecule has 0 spiro atoms. The van der Waals surface area contributed by atoms with Gasteiger partial charge in [-0.15, -0.1) is 0 Å². The number of H-pyrrole nitrogens is 1. The van der Waals surface area contributed by atoms with Gasteiger partial charge in [0.1, 0.15) is 5.69 Å². The third-order valence-corrected chi connectivity index (χ3v) is 5.33. The normalized spacial score (nSPS) is 15.6. The summed E-state index contributed by atoms with van der Waals surface area (Å²) in [4.78, 5) is 33.5. The number of aromatic amines is 1. The van der Waals surface area contributed by atoms with Crippen LogP contribution >= 0.6 is 11.8 Å². The summed E-state index contributed by atoms with van der Waals surface area (Å²) in [6, 6.07) is 7.16. The zero-order chi connectivity index (χ0) is 20.3. The molecule has 0 radical (unpaired) electrons. The molecule has 2 heterocycles. The predicted molar refractivity (Wildman–Crippen MR) is 102 cm³/mol. The van der Waals surface area contributed by atoms with Gasteiger partial charge in [0, 0.05) is 30.5 Å². The Balaban J connectivity index is 1.69. The molecule has 0 bridgehead atoms. The van der Waals surface area contributed by atoms with Gasteiger partial charge < -0.3 is 4.90 Å². The van der Waals surface area contributed by atoms with Crippen molar-refractivity contribution in [2.75, 3.05) is 18.0 Å². The van der Waals surface area contributed by atoms with Crippen molar-refractivity contribution in [1.29, 1.82) is 0 Å². The van der Waals surface area contributed by atoms with Crippen molar-refractivity contribution in [1.82, 2.24) is 9.97 Å². The summed E-state index contributed by atoms with van der Waals surface area (Å²) in [5, 5.41) is 0. The van der Waals surface area contributed by atoms with Crippen molar-refractivity contribution in [3.05, 3.63) is 51.9 Å². The van der Waals surface area contributed by atoms with Crippen LogP contribution in [0.1, 0.15) is 48.2 Å². The molecule has 1 atom stereocenters. The van der Waals surface area contributed by atoms with Gasteiger partial charge in [0.15, 0.2) is 5.78 Å². The van der Waals surface area contributed by atoms with Crippen LogP contribution in [-0.2, 0) is 0 Å². The van der Waals surface area contributed by atoms with Gasteiger partial charge in [-0.3, -0.25) is 14.6 Å². The van der Waals surface area contributed by atoms with Gasteiger partial charge in [-0.25, -0.2) is 4.98 Å². The SMILES string of the molecule is C[C@@H](CC(=O)c1cc(=O)[nH]c(N2CCCC2)n1)c1ccc(SC(F)(F)F)cc1. The first-order valence-corrected chi connectivity index (χ1v) is 9.78. The van der Waals surface area contributed by atoms with Crippen LogP contribution < -0.4 is 10.5 Å². The molecule has 0 aliphatic carbocycles. The largest absolute Gasteiger partial charge is 0.446 e. The number of halogens is 3. The number of aromatic nitrogens is 2. The number of thioether (sulfide) groups is 1. The maximum Gasteiger partial charge on any atom is 0.446 e. The molecule has 0 unspecified atom stereocenters. The van der Waals surface area contributed by atoms with E-state index in [1.807, 2.05) is 11.8 Å². The third kappa shape index (κ3) is 5.37. The molecule has 1 aliphatic heterocycles. The zero-order valence-electron chi connectivity index (χ0n) is 15.3. The number of hydrogen-bond donors (Lipinski definition) is 1. The molecule has 1 fully saturated rings. The van der Waals surface area contributed by atoms with Crippen LogP contribution in [0.5, 0.6) is 0 Å². The van der Waals surface area contributed by atoms with Crippen LogP contribution in [0.4, 0.5) is 19.1 Å². The van der Waals surface area contributed by atoms with Gasteiger partial charge in [-0.1, -0.05) is 19.1 Å². The first kappa shape index (κ1) is 20.4. The van der Waals surface area contributed by atoms with Gasteiger partial charge in [0.25, 0.3) is 5.56 Å². The molecule has 0 saturated carbocycles. The molecule has 150 valence electrons. The minimum absolute atomic E-state index is 0.0984. The average molecular weight is 411 g/mol. The Morgan fingerprint density at radius 1 is 1.25 bits per heavy atom. The van der Waals surface area contributed by atoms with E-state index in [0.29, 0.717) is 5.95 Å². The summed E-state index contributed by atoms with van der Waals surface area (Å²) in [7, 11) is 0. The van der Waals surface area contributed by atoms with E-state index in [2.05, 4.69) is 9.97 Å². The van der Waals surface area contributed by atoms with E-state index in [4.69, 9.17) is 0 Å². The van der Waals surface area contributed by atoms with Crippen molar-refractivity contribution >= 4 is 23.5 Å². The number of anilines is 1. The summed E-state index contributed by atoms with van der Waals surface area (Å²) in [5.41, 5.74) is -3.84. The predicted octanol–water partition coefficient (Wildman–Crippen LogP) is 4.36. The van der Waals surface area contributed by atoms with Gasteiger partial charge in [0.05, 0.1) is 0 Å². The second kappa shape index (κ2) is 8.38. The smallest absolute Gasteiger partial charge is 0.342 e. The molecule has 1 aliphatic rings. The number of benzene rings is 1. The van der Waals surface area contributed by atoms with Crippen molar-refractivity contribution in [2.24, 2.45) is 0 Å². The van der Waals surface area contributed by atoms with Crippen LogP contribution in [0.25, 0.3) is 0 Å². The number of nitrogens with one attached hydrogen (secondary N) is 1. The third-order valence-electron chi connectivity index (χ3n) is 4.59. The van der Waals surface area contributed by atoms with E-state index in [1.54, 1.807) is 12.1 Å². The second-order valence-electron chi connectivity index (χ2n) is 6.79. The van der Waals surface area contributed by atoms with Crippen LogP contribution in [-0.4, -0.2) is 34.3 Å². The number of nitrogens with zero attached hydrogens (tertiary/aromatic N) is 2. The van der Waals surface area contributed by atoms with E-state index in [9.17, 15) is 22.8 Å². The fourth-order valence-electron chi connectivity index (χ4n) is 3.16. The van der Waals surface area contributed by atoms with E-state index in [-0.39, 0.29) is 46.0 Å². The van der Waals surface area contributed by atoms with E-state index >= 15 is 0 Å². The minimum Gasteiger partial charge on any atom is -0.342 e. The molecule has 1 aromatic carbocycles. The number of hydrogen-bond acceptors (Lipinski definition) is 5. The molecule has 28 heavy (non-hydrogen) atoms. The summed E-state index contributed by atoms with van der Waals surface area (Å²) in [5.74, 6) is -0.0731. The highest BCUT2D eigenvalue weighted by molar-refractivity contribution is 8.00. The topological polar surface area (TPSA) is 66.1 Å². The highest BCUT2D eigenvalue weighted by Crippen LogP contribution is 2.37. The molecule has 2 aromatic rings. The van der Waals surface area contributed by atoms with Crippen LogP contribution in [0, 0.1) is 0 Å². The standard InChI is InChI=1S/C19H20F3N3O2S/c1-12(13-4-6-14(7-5-13)28-19(20,21)22)10-16(26)15-11-17(27)24-18(23-15)25-8-2-3-9-25/h4-7,11-12H,2-3,8-10H2,1H3,(H,23,24,27)/t12-/m0/s1. The van der Waals surface area contributed by atoms with E-state index < -0.39 is 5.51 Å². The second-order valence-corrected chi connectivity index (χ2v) is 7.93. The number of alkyl halides is 3. The van der Waals surface area contributed by atoms with Crippen molar-refractivity contribution < 1.29 is 18.0 Å². The Morgan fingerprint density at radius 2 is 1.89 bits per heavy atom. The van der Waals surface area contributed by atoms with Crippen molar-refractivity contribution in [2.45, 2.75) is 42.5 Å². The van der Waals surface area contributed by atoms with Crippen molar-refractivity contribution in [3.63, 3.8) is 0 Å². The van der Waals surface area contributed by atoms with Crippen LogP contribution in [0.15, 0.2) is 40.0 Å². The van der Waals surface area contributed by atoms with Crippen LogP contribution in [0.2, 0.25) is 0 Å². The monoisotopic (exact) mass is 411 g/mol. The molecule has 3 rings (SSSR count). The summed E-state index contributed by atoms with van der Waals surface area (Å²) >= 11 is -0.173. The molecule has 1 saturated heterocycles. The number of carbonyl (C=O) groups excluding carboxylic acids is 1. The molecular formula is C19H20F3N3O2S. The lowest BCUT2D eigenvalue weighted by Crippen LogP contribution is -2.25. The highest BCUT2D eigenvalue weighted by atomic mass is 32.2. The van der Waals surface area contributed by atoms with Gasteiger partial charge in [0.2, 0.25) is 5.95 Å². The lowest BCUT2D eigenvalue weighted by molar-refractivity contribution is -0.0328. The molecule has 1 aromatic heterocycles. The zero-order valence-corrected chi connectivity index (χ0v) is 16.1. The maximum atomic E-state index is 12.6. The lowest BCUT2D eigenvalue weighted by Gasteiger charge is -2.16. The summed E-state index contributed by atoms with van der Waals surface area (Å²) in [6.07, 6.45) is 2.14. The Hall–Kier alpha value is -2.29. The quantitative estimate of drug-likeness (QED) is 0.565. The molecule has 9 heteroatoms. The Kier molecular flexibility index (Phi) is 6.12. The fourth-order valence-corrected chi connectivity index (χ4v) is 3.70. The average Bonchev–Trinajstić information content (AvgIpc) is 3.15.